The number of hydrogen-bond donors (Lipinski definition) is 1. The van der Waals surface area contributed by atoms with Crippen molar-refractivity contribution in [3.63, 3.8) is 0 Å². The Kier molecular flexibility index (Phi) is 16.7. The molecule has 0 radical (unpaired) electrons. The molecule has 0 heterocycles. The summed E-state index contributed by atoms with van der Waals surface area (Å²) < 4.78 is 0. The van der Waals surface area contributed by atoms with Crippen molar-refractivity contribution >= 4 is 22.5 Å². The van der Waals surface area contributed by atoms with Crippen LogP contribution < -0.4 is 0 Å². The predicted molar refractivity (Wildman–Crippen MR) is 58.3 cm³/mol. The average Bonchev–Trinajstić information content (AvgIpc) is 1.89. The largest absolute Gasteiger partial charge is 0.179 e. The normalized spacial score (nSPS) is 9.00. The van der Waals surface area contributed by atoms with Crippen LogP contribution in [0.15, 0.2) is 0 Å². The van der Waals surface area contributed by atoms with Crippen molar-refractivity contribution in [3.05, 3.63) is 0 Å². The van der Waals surface area contributed by atoms with Crippen LogP contribution in [0.5, 0.6) is 0 Å². The van der Waals surface area contributed by atoms with Gasteiger partial charge in [0, 0.05) is 0 Å². The van der Waals surface area contributed by atoms with Crippen LogP contribution in [0.3, 0.4) is 0 Å². The molecule has 10 heavy (non-hydrogen) atoms. The molecule has 0 spiro atoms. The summed E-state index contributed by atoms with van der Waals surface area (Å²) in [5.41, 5.74) is 0. The molecule has 0 aliphatic carbocycles. The fourth-order valence-corrected chi connectivity index (χ4v) is 1.12. The topological polar surface area (TPSA) is 0 Å². The van der Waals surface area contributed by atoms with E-state index in [1.54, 1.807) is 0 Å². The second kappa shape index (κ2) is 12.5. The van der Waals surface area contributed by atoms with Crippen LogP contribution >= 0.6 is 22.5 Å². The van der Waals surface area contributed by atoms with Gasteiger partial charge < -0.3 is 0 Å². The Labute approximate surface area is 74.2 Å². The van der Waals surface area contributed by atoms with Gasteiger partial charge in [-0.1, -0.05) is 39.0 Å². The molecule has 0 saturated carbocycles. The molecule has 1 unspecified atom stereocenters. The zero-order valence-electron chi connectivity index (χ0n) is 7.10. The molecule has 0 aliphatic heterocycles. The first kappa shape index (κ1) is 13.4. The molecule has 0 aromatic heterocycles. The van der Waals surface area contributed by atoms with Crippen LogP contribution in [0, 0.1) is 0 Å². The molecule has 0 nitrogen and oxygen atoms in total. The molecule has 0 aromatic carbocycles. The highest BCUT2D eigenvalue weighted by Crippen LogP contribution is 2.04. The van der Waals surface area contributed by atoms with Crippen molar-refractivity contribution in [2.24, 2.45) is 0 Å². The Morgan fingerprint density at radius 3 is 1.90 bits per heavy atom. The van der Waals surface area contributed by atoms with Crippen molar-refractivity contribution in [2.75, 3.05) is 5.75 Å². The molecule has 0 amide bonds. The van der Waals surface area contributed by atoms with Gasteiger partial charge in [-0.2, -0.15) is 22.5 Å². The van der Waals surface area contributed by atoms with Gasteiger partial charge in [0.2, 0.25) is 0 Å². The van der Waals surface area contributed by atoms with Gasteiger partial charge in [0.25, 0.3) is 0 Å². The summed E-state index contributed by atoms with van der Waals surface area (Å²) in [6.45, 7) is 2.25. The quantitative estimate of drug-likeness (QED) is 0.362. The highest BCUT2D eigenvalue weighted by molar-refractivity contribution is 7.80. The van der Waals surface area contributed by atoms with E-state index in [0.29, 0.717) is 0 Å². The molecule has 0 N–H and O–H groups in total. The molecule has 2 heteroatoms. The fraction of sp³-hybridized carbons (Fsp3) is 1.00. The van der Waals surface area contributed by atoms with Crippen molar-refractivity contribution < 1.29 is 0 Å². The Morgan fingerprint density at radius 1 is 0.900 bits per heavy atom. The number of hydrogen-bond acceptors (Lipinski definition) is 1. The molecule has 0 aliphatic rings. The Balaban J connectivity index is 0. The molecular formula is C8H21PS. The van der Waals surface area contributed by atoms with E-state index in [1.807, 2.05) is 0 Å². The van der Waals surface area contributed by atoms with Crippen LogP contribution in [0.4, 0.5) is 0 Å². The lowest BCUT2D eigenvalue weighted by Gasteiger charge is -1.95. The zero-order chi connectivity index (χ0) is 6.95. The highest BCUT2D eigenvalue weighted by Gasteiger charge is 1.86. The van der Waals surface area contributed by atoms with E-state index in [0.717, 1.165) is 5.75 Å². The molecule has 0 saturated heterocycles. The van der Waals surface area contributed by atoms with Gasteiger partial charge in [0.15, 0.2) is 0 Å². The molecular weight excluding hydrogens is 159 g/mol. The first-order chi connectivity index (χ1) is 4.41. The lowest BCUT2D eigenvalue weighted by atomic mass is 10.1. The van der Waals surface area contributed by atoms with Crippen molar-refractivity contribution in [2.45, 2.75) is 45.4 Å². The van der Waals surface area contributed by atoms with E-state index in [1.165, 1.54) is 38.5 Å². The van der Waals surface area contributed by atoms with Crippen LogP contribution in [0.1, 0.15) is 45.4 Å². The van der Waals surface area contributed by atoms with E-state index < -0.39 is 0 Å². The number of unbranched alkanes of at least 4 members (excludes halogenated alkanes) is 5. The molecule has 0 aromatic rings. The Hall–Kier alpha value is 0.780. The van der Waals surface area contributed by atoms with Gasteiger partial charge in [-0.15, -0.1) is 0 Å². The van der Waals surface area contributed by atoms with Gasteiger partial charge in [0.1, 0.15) is 0 Å². The maximum Gasteiger partial charge on any atom is -0.00979 e. The molecule has 0 rings (SSSR count). The highest BCUT2D eigenvalue weighted by atomic mass is 32.1. The first-order valence-corrected chi connectivity index (χ1v) is 4.66. The zero-order valence-corrected chi connectivity index (χ0v) is 9.41. The summed E-state index contributed by atoms with van der Waals surface area (Å²) in [6, 6.07) is 0. The van der Waals surface area contributed by atoms with Gasteiger partial charge >= 0.3 is 0 Å². The SMILES string of the molecule is CCCCCCCCS.P. The summed E-state index contributed by atoms with van der Waals surface area (Å²) in [5.74, 6) is 1.06. The van der Waals surface area contributed by atoms with E-state index in [9.17, 15) is 0 Å². The Bertz CT molecular complexity index is 42.5. The monoisotopic (exact) mass is 180 g/mol. The molecule has 1 atom stereocenters. The lowest BCUT2D eigenvalue weighted by molar-refractivity contribution is 0.627. The van der Waals surface area contributed by atoms with E-state index in [4.69, 9.17) is 0 Å². The first-order valence-electron chi connectivity index (χ1n) is 4.02. The second-order valence-corrected chi connectivity index (χ2v) is 2.94. The second-order valence-electron chi connectivity index (χ2n) is 2.49. The fourth-order valence-electron chi connectivity index (χ4n) is 0.892. The van der Waals surface area contributed by atoms with E-state index >= 15 is 0 Å². The summed E-state index contributed by atoms with van der Waals surface area (Å²) in [6.07, 6.45) is 8.27. The third kappa shape index (κ3) is 11.6. The van der Waals surface area contributed by atoms with Crippen LogP contribution in [-0.4, -0.2) is 5.75 Å². The van der Waals surface area contributed by atoms with E-state index in [2.05, 4.69) is 19.6 Å². The summed E-state index contributed by atoms with van der Waals surface area (Å²) >= 11 is 4.15. The smallest absolute Gasteiger partial charge is 0.00979 e. The third-order valence-corrected chi connectivity index (χ3v) is 1.83. The minimum absolute atomic E-state index is 0. The van der Waals surface area contributed by atoms with Crippen LogP contribution in [-0.2, 0) is 0 Å². The standard InChI is InChI=1S/C8H18S.H3P/c1-2-3-4-5-6-7-8-9;/h9H,2-8H2,1H3;1H3. The maximum absolute atomic E-state index is 4.15. The van der Waals surface area contributed by atoms with Gasteiger partial charge in [-0.3, -0.25) is 0 Å². The predicted octanol–water partition coefficient (Wildman–Crippen LogP) is 3.33. The Morgan fingerprint density at radius 2 is 1.40 bits per heavy atom. The van der Waals surface area contributed by atoms with Crippen molar-refractivity contribution in [1.82, 2.24) is 0 Å². The average molecular weight is 180 g/mol. The summed E-state index contributed by atoms with van der Waals surface area (Å²) in [5, 5.41) is 0. The van der Waals surface area contributed by atoms with Crippen molar-refractivity contribution in [1.29, 1.82) is 0 Å². The van der Waals surface area contributed by atoms with Crippen LogP contribution in [0.25, 0.3) is 0 Å². The number of rotatable bonds is 6. The van der Waals surface area contributed by atoms with E-state index in [-0.39, 0.29) is 9.90 Å². The number of thiol groups is 1. The third-order valence-electron chi connectivity index (χ3n) is 1.51. The molecule has 0 fully saturated rings. The van der Waals surface area contributed by atoms with Gasteiger partial charge in [-0.05, 0) is 12.2 Å². The molecule has 64 valence electrons. The molecule has 0 bridgehead atoms. The van der Waals surface area contributed by atoms with Gasteiger partial charge in [-0.25, -0.2) is 0 Å². The minimum Gasteiger partial charge on any atom is -0.179 e. The summed E-state index contributed by atoms with van der Waals surface area (Å²) in [7, 11) is 0. The summed E-state index contributed by atoms with van der Waals surface area (Å²) in [4.78, 5) is 0. The van der Waals surface area contributed by atoms with Crippen LogP contribution in [0.2, 0.25) is 0 Å². The van der Waals surface area contributed by atoms with Crippen molar-refractivity contribution in [3.8, 4) is 0 Å². The lowest BCUT2D eigenvalue weighted by Crippen LogP contribution is -1.78. The maximum atomic E-state index is 4.15. The minimum atomic E-state index is 0. The van der Waals surface area contributed by atoms with Gasteiger partial charge in [0.05, 0.1) is 0 Å².